The molecular weight excluding hydrogens is 447 g/mol. The fourth-order valence-electron chi connectivity index (χ4n) is 3.50. The van der Waals surface area contributed by atoms with Crippen LogP contribution in [0.2, 0.25) is 0 Å². The van der Waals surface area contributed by atoms with E-state index in [9.17, 15) is 28.1 Å². The minimum Gasteiger partial charge on any atom is -0.482 e. The van der Waals surface area contributed by atoms with Gasteiger partial charge in [0.25, 0.3) is 17.7 Å². The fourth-order valence-corrected chi connectivity index (χ4v) is 3.50. The van der Waals surface area contributed by atoms with Crippen LogP contribution >= 0.6 is 0 Å². The number of nitrogens with zero attached hydrogens (tertiary/aromatic N) is 3. The van der Waals surface area contributed by atoms with Crippen molar-refractivity contribution in [2.75, 3.05) is 18.5 Å². The van der Waals surface area contributed by atoms with Gasteiger partial charge in [0.15, 0.2) is 5.75 Å². The number of aromatic nitrogens is 3. The summed E-state index contributed by atoms with van der Waals surface area (Å²) in [5.74, 6) is -1.11. The molecule has 1 aliphatic rings. The highest BCUT2D eigenvalue weighted by Gasteiger charge is 2.26. The Labute approximate surface area is 183 Å². The van der Waals surface area contributed by atoms with Crippen molar-refractivity contribution in [1.82, 2.24) is 15.0 Å². The van der Waals surface area contributed by atoms with E-state index in [0.717, 1.165) is 12.4 Å². The Bertz CT molecular complexity index is 1260. The van der Waals surface area contributed by atoms with E-state index in [4.69, 9.17) is 9.47 Å². The zero-order chi connectivity index (χ0) is 23.7. The van der Waals surface area contributed by atoms with E-state index >= 15 is 0 Å². The second-order valence-corrected chi connectivity index (χ2v) is 7.41. The second-order valence-electron chi connectivity index (χ2n) is 7.41. The van der Waals surface area contributed by atoms with Crippen LogP contribution in [0.4, 0.5) is 24.7 Å². The number of hydrogen-bond donors (Lipinski definition) is 2. The van der Waals surface area contributed by atoms with Crippen molar-refractivity contribution in [3.63, 3.8) is 0 Å². The van der Waals surface area contributed by atoms with Crippen molar-refractivity contribution in [2.45, 2.75) is 31.9 Å². The Morgan fingerprint density at radius 2 is 2.06 bits per heavy atom. The average molecular weight is 465 g/mol. The van der Waals surface area contributed by atoms with Gasteiger partial charge in [-0.15, -0.1) is 0 Å². The molecule has 1 saturated heterocycles. The topological polar surface area (TPSA) is 132 Å². The molecule has 1 fully saturated rings. The van der Waals surface area contributed by atoms with Gasteiger partial charge in [-0.25, -0.2) is 23.1 Å². The number of fused-ring (bicyclic) bond motifs is 1. The molecule has 0 saturated carbocycles. The lowest BCUT2D eigenvalue weighted by Gasteiger charge is -2.18. The molecule has 0 bridgehead atoms. The number of pyridine rings is 1. The van der Waals surface area contributed by atoms with Crippen LogP contribution in [0.1, 0.15) is 36.9 Å². The molecule has 10 nitrogen and oxygen atoms in total. The number of nitro groups is 1. The van der Waals surface area contributed by atoms with Crippen LogP contribution in [0.5, 0.6) is 5.75 Å². The molecule has 3 aromatic rings. The molecule has 13 heteroatoms. The van der Waals surface area contributed by atoms with Crippen LogP contribution < -0.4 is 15.6 Å². The van der Waals surface area contributed by atoms with Crippen LogP contribution in [-0.2, 0) is 4.74 Å². The summed E-state index contributed by atoms with van der Waals surface area (Å²) in [5.41, 5.74) is -2.43. The molecule has 1 aromatic carbocycles. The lowest BCUT2D eigenvalue weighted by Crippen LogP contribution is -2.21. The predicted octanol–water partition coefficient (Wildman–Crippen LogP) is 3.64. The van der Waals surface area contributed by atoms with Gasteiger partial charge in [-0.1, -0.05) is 0 Å². The molecule has 2 aromatic heterocycles. The van der Waals surface area contributed by atoms with E-state index in [1.165, 1.54) is 13.0 Å². The molecule has 0 radical (unpaired) electrons. The Morgan fingerprint density at radius 3 is 2.73 bits per heavy atom. The number of hydrogen-bond acceptors (Lipinski definition) is 8. The van der Waals surface area contributed by atoms with Gasteiger partial charge in [-0.2, -0.15) is 0 Å². The third-order valence-electron chi connectivity index (χ3n) is 5.18. The Balaban J connectivity index is 1.71. The van der Waals surface area contributed by atoms with Gasteiger partial charge >= 0.3 is 0 Å². The number of nitro benzene ring substituents is 1. The Kier molecular flexibility index (Phi) is 6.14. The number of rotatable bonds is 7. The number of alkyl halides is 2. The maximum absolute atomic E-state index is 14.7. The molecule has 2 N–H and O–H groups in total. The molecule has 4 rings (SSSR count). The molecular formula is C20H18F3N5O5. The van der Waals surface area contributed by atoms with Crippen LogP contribution in [0, 0.1) is 15.9 Å². The van der Waals surface area contributed by atoms with Gasteiger partial charge in [0.2, 0.25) is 0 Å². The number of halogens is 3. The van der Waals surface area contributed by atoms with Gasteiger partial charge in [-0.3, -0.25) is 14.9 Å². The van der Waals surface area contributed by atoms with E-state index < -0.39 is 40.0 Å². The minimum atomic E-state index is -3.24. The SMILES string of the molecule is C[C@@H](Nc1ncnc2[nH]c(=O)c(O[C@H]3CCOC3)cc12)c1cc([N+](=O)[O-])cc(C(F)F)c1F. The summed E-state index contributed by atoms with van der Waals surface area (Å²) >= 11 is 0. The number of anilines is 1. The third kappa shape index (κ3) is 4.58. The molecule has 0 aliphatic carbocycles. The largest absolute Gasteiger partial charge is 0.482 e. The average Bonchev–Trinajstić information content (AvgIpc) is 3.27. The van der Waals surface area contributed by atoms with Crippen LogP contribution in [0.15, 0.2) is 29.3 Å². The summed E-state index contributed by atoms with van der Waals surface area (Å²) in [6.07, 6.45) is -1.77. The number of benzene rings is 1. The lowest BCUT2D eigenvalue weighted by molar-refractivity contribution is -0.385. The van der Waals surface area contributed by atoms with E-state index in [0.29, 0.717) is 31.1 Å². The Morgan fingerprint density at radius 1 is 1.30 bits per heavy atom. The van der Waals surface area contributed by atoms with Crippen molar-refractivity contribution in [2.24, 2.45) is 0 Å². The molecule has 0 spiro atoms. The highest BCUT2D eigenvalue weighted by molar-refractivity contribution is 5.87. The molecule has 3 heterocycles. The monoisotopic (exact) mass is 465 g/mol. The van der Waals surface area contributed by atoms with E-state index in [1.54, 1.807) is 0 Å². The quantitative estimate of drug-likeness (QED) is 0.399. The van der Waals surface area contributed by atoms with Gasteiger partial charge in [0.05, 0.1) is 35.1 Å². The Hall–Kier alpha value is -3.74. The van der Waals surface area contributed by atoms with Crippen molar-refractivity contribution in [3.05, 3.63) is 61.9 Å². The van der Waals surface area contributed by atoms with Crippen LogP contribution in [-0.4, -0.2) is 39.2 Å². The zero-order valence-corrected chi connectivity index (χ0v) is 17.2. The maximum atomic E-state index is 14.7. The first-order chi connectivity index (χ1) is 15.7. The number of nitrogens with one attached hydrogen (secondary N) is 2. The maximum Gasteiger partial charge on any atom is 0.291 e. The van der Waals surface area contributed by atoms with Gasteiger partial charge in [0, 0.05) is 30.2 Å². The molecule has 0 unspecified atom stereocenters. The first-order valence-corrected chi connectivity index (χ1v) is 9.89. The normalized spacial score (nSPS) is 16.8. The van der Waals surface area contributed by atoms with Crippen molar-refractivity contribution in [3.8, 4) is 5.75 Å². The summed E-state index contributed by atoms with van der Waals surface area (Å²) in [4.78, 5) is 33.3. The highest BCUT2D eigenvalue weighted by atomic mass is 19.3. The van der Waals surface area contributed by atoms with E-state index in [2.05, 4.69) is 20.3 Å². The van der Waals surface area contributed by atoms with Gasteiger partial charge < -0.3 is 19.8 Å². The second kappa shape index (κ2) is 9.02. The first-order valence-electron chi connectivity index (χ1n) is 9.89. The summed E-state index contributed by atoms with van der Waals surface area (Å²) in [6, 6.07) is 1.81. The van der Waals surface area contributed by atoms with Gasteiger partial charge in [0.1, 0.15) is 29.7 Å². The third-order valence-corrected chi connectivity index (χ3v) is 5.18. The van der Waals surface area contributed by atoms with E-state index in [1.807, 2.05) is 0 Å². The van der Waals surface area contributed by atoms with E-state index in [-0.39, 0.29) is 28.9 Å². The first kappa shape index (κ1) is 22.5. The zero-order valence-electron chi connectivity index (χ0n) is 17.2. The number of H-pyrrole nitrogens is 1. The number of non-ortho nitro benzene ring substituents is 1. The van der Waals surface area contributed by atoms with Crippen LogP contribution in [0.3, 0.4) is 0 Å². The van der Waals surface area contributed by atoms with Crippen molar-refractivity contribution >= 4 is 22.5 Å². The molecule has 2 atom stereocenters. The summed E-state index contributed by atoms with van der Waals surface area (Å²) < 4.78 is 52.1. The number of ether oxygens (including phenoxy) is 2. The molecule has 174 valence electrons. The standard InChI is InChI=1S/C20H18F3N5O5/c1-9(12-4-10(28(30)31)5-13(16(12)21)17(22)23)26-18-14-6-15(33-11-2-3-32-7-11)20(29)27-19(14)25-8-24-18/h4-6,8-9,11,17H,2-3,7H2,1H3,(H2,24,25,26,27,29)/t9-,11+/m1/s1. The fraction of sp³-hybridized carbons (Fsp3) is 0.350. The lowest BCUT2D eigenvalue weighted by atomic mass is 10.0. The van der Waals surface area contributed by atoms with Crippen molar-refractivity contribution in [1.29, 1.82) is 0 Å². The summed E-state index contributed by atoms with van der Waals surface area (Å²) in [5, 5.41) is 14.3. The van der Waals surface area contributed by atoms with Gasteiger partial charge in [-0.05, 0) is 6.92 Å². The molecule has 33 heavy (non-hydrogen) atoms. The number of aromatic amines is 1. The summed E-state index contributed by atoms with van der Waals surface area (Å²) in [6.45, 7) is 2.28. The van der Waals surface area contributed by atoms with Crippen molar-refractivity contribution < 1.29 is 27.6 Å². The molecule has 0 amide bonds. The predicted molar refractivity (Wildman–Crippen MR) is 110 cm³/mol. The highest BCUT2D eigenvalue weighted by Crippen LogP contribution is 2.33. The smallest absolute Gasteiger partial charge is 0.291 e. The van der Waals surface area contributed by atoms with Crippen LogP contribution in [0.25, 0.3) is 11.0 Å². The summed E-state index contributed by atoms with van der Waals surface area (Å²) in [7, 11) is 0. The molecule has 1 aliphatic heterocycles. The minimum absolute atomic E-state index is 0.00465.